The third-order valence-corrected chi connectivity index (χ3v) is 2.33. The highest BCUT2D eigenvalue weighted by molar-refractivity contribution is 5.92. The summed E-state index contributed by atoms with van der Waals surface area (Å²) >= 11 is 0. The highest BCUT2D eigenvalue weighted by Crippen LogP contribution is 2.24. The molecule has 1 heterocycles. The Morgan fingerprint density at radius 2 is 2.06 bits per heavy atom. The molecule has 0 saturated carbocycles. The Kier molecular flexibility index (Phi) is 2.63. The van der Waals surface area contributed by atoms with Crippen LogP contribution in [-0.4, -0.2) is 20.6 Å². The van der Waals surface area contributed by atoms with Crippen LogP contribution in [0.15, 0.2) is 24.5 Å². The normalized spacial score (nSPS) is 10.5. The monoisotopic (exact) mass is 238 g/mol. The van der Waals surface area contributed by atoms with E-state index in [1.54, 1.807) is 7.05 Å². The van der Waals surface area contributed by atoms with Gasteiger partial charge in [-0.2, -0.15) is 0 Å². The molecule has 0 bridgehead atoms. The average molecular weight is 238 g/mol. The molecule has 1 N–H and O–H groups in total. The lowest BCUT2D eigenvalue weighted by Crippen LogP contribution is -2.01. The van der Waals surface area contributed by atoms with E-state index in [1.807, 2.05) is 0 Å². The van der Waals surface area contributed by atoms with Gasteiger partial charge in [-0.15, -0.1) is 0 Å². The Morgan fingerprint density at radius 1 is 1.35 bits per heavy atom. The van der Waals surface area contributed by atoms with Crippen LogP contribution >= 0.6 is 0 Å². The molecule has 0 spiro atoms. The summed E-state index contributed by atoms with van der Waals surface area (Å²) in [6, 6.07) is 3.20. The molecule has 6 heteroatoms. The van der Waals surface area contributed by atoms with E-state index in [9.17, 15) is 13.6 Å². The van der Waals surface area contributed by atoms with Gasteiger partial charge in [0.1, 0.15) is 0 Å². The Balaban J connectivity index is 2.63. The van der Waals surface area contributed by atoms with Crippen molar-refractivity contribution in [1.29, 1.82) is 0 Å². The summed E-state index contributed by atoms with van der Waals surface area (Å²) in [5, 5.41) is 8.92. The first kappa shape index (κ1) is 11.3. The van der Waals surface area contributed by atoms with Gasteiger partial charge in [0.25, 0.3) is 0 Å². The molecule has 2 rings (SSSR count). The van der Waals surface area contributed by atoms with Crippen LogP contribution in [-0.2, 0) is 7.05 Å². The number of carboxylic acid groups (broad SMARTS) is 1. The van der Waals surface area contributed by atoms with Crippen molar-refractivity contribution in [3.8, 4) is 11.3 Å². The van der Waals surface area contributed by atoms with Crippen LogP contribution in [0.2, 0.25) is 0 Å². The van der Waals surface area contributed by atoms with E-state index >= 15 is 0 Å². The van der Waals surface area contributed by atoms with Crippen LogP contribution in [0.3, 0.4) is 0 Å². The van der Waals surface area contributed by atoms with E-state index in [0.29, 0.717) is 0 Å². The molecule has 0 fully saturated rings. The summed E-state index contributed by atoms with van der Waals surface area (Å²) in [7, 11) is 1.58. The molecule has 0 aliphatic heterocycles. The summed E-state index contributed by atoms with van der Waals surface area (Å²) in [5.41, 5.74) is 0.302. The maximum Gasteiger partial charge on any atom is 0.356 e. The summed E-state index contributed by atoms with van der Waals surface area (Å²) in [6.07, 6.45) is 1.31. The molecule has 0 saturated heterocycles. The first-order chi connectivity index (χ1) is 8.00. The highest BCUT2D eigenvalue weighted by atomic mass is 19.2. The summed E-state index contributed by atoms with van der Waals surface area (Å²) in [6.45, 7) is 0. The lowest BCUT2D eigenvalue weighted by atomic mass is 10.1. The van der Waals surface area contributed by atoms with Crippen molar-refractivity contribution in [3.05, 3.63) is 41.9 Å². The average Bonchev–Trinajstić information content (AvgIpc) is 2.64. The van der Waals surface area contributed by atoms with Crippen LogP contribution < -0.4 is 0 Å². The van der Waals surface area contributed by atoms with Crippen molar-refractivity contribution in [3.63, 3.8) is 0 Å². The van der Waals surface area contributed by atoms with E-state index < -0.39 is 17.6 Å². The van der Waals surface area contributed by atoms with Gasteiger partial charge in [0.05, 0.1) is 12.0 Å². The Hall–Kier alpha value is -2.24. The standard InChI is InChI=1S/C11H8F2N2O2/c1-15-5-14-9(11(16)17)10(15)6-2-3-7(12)8(13)4-6/h2-5H,1H3,(H,16,17). The second kappa shape index (κ2) is 3.97. The molecule has 4 nitrogen and oxygen atoms in total. The number of aromatic nitrogens is 2. The predicted octanol–water partition coefficient (Wildman–Crippen LogP) is 2.06. The number of nitrogens with zero attached hydrogens (tertiary/aromatic N) is 2. The fourth-order valence-corrected chi connectivity index (χ4v) is 1.57. The number of aromatic carboxylic acids is 1. The van der Waals surface area contributed by atoms with E-state index in [2.05, 4.69) is 4.98 Å². The maximum absolute atomic E-state index is 13.1. The van der Waals surface area contributed by atoms with Gasteiger partial charge in [-0.05, 0) is 18.2 Å². The van der Waals surface area contributed by atoms with E-state index in [-0.39, 0.29) is 17.0 Å². The van der Waals surface area contributed by atoms with Gasteiger partial charge in [-0.25, -0.2) is 18.6 Å². The SMILES string of the molecule is Cn1cnc(C(=O)O)c1-c1ccc(F)c(F)c1. The zero-order valence-electron chi connectivity index (χ0n) is 8.82. The van der Waals surface area contributed by atoms with Gasteiger partial charge >= 0.3 is 5.97 Å². The van der Waals surface area contributed by atoms with Gasteiger partial charge in [-0.3, -0.25) is 0 Å². The third kappa shape index (κ3) is 1.89. The Bertz CT molecular complexity index is 593. The molecule has 1 aromatic carbocycles. The molecular formula is C11H8F2N2O2. The number of rotatable bonds is 2. The first-order valence-corrected chi connectivity index (χ1v) is 4.70. The van der Waals surface area contributed by atoms with Crippen molar-refractivity contribution in [2.75, 3.05) is 0 Å². The highest BCUT2D eigenvalue weighted by Gasteiger charge is 2.18. The molecule has 88 valence electrons. The Morgan fingerprint density at radius 3 is 2.65 bits per heavy atom. The topological polar surface area (TPSA) is 55.1 Å². The molecular weight excluding hydrogens is 230 g/mol. The van der Waals surface area contributed by atoms with Gasteiger partial charge in [0.15, 0.2) is 17.3 Å². The molecule has 0 atom stereocenters. The molecule has 17 heavy (non-hydrogen) atoms. The lowest BCUT2D eigenvalue weighted by Gasteiger charge is -2.04. The zero-order chi connectivity index (χ0) is 12.6. The fourth-order valence-electron chi connectivity index (χ4n) is 1.57. The number of benzene rings is 1. The molecule has 0 amide bonds. The summed E-state index contributed by atoms with van der Waals surface area (Å²) in [4.78, 5) is 14.6. The van der Waals surface area contributed by atoms with Gasteiger partial charge in [-0.1, -0.05) is 0 Å². The van der Waals surface area contributed by atoms with Crippen molar-refractivity contribution in [2.45, 2.75) is 0 Å². The van der Waals surface area contributed by atoms with Crippen molar-refractivity contribution in [1.82, 2.24) is 9.55 Å². The van der Waals surface area contributed by atoms with Crippen molar-refractivity contribution < 1.29 is 18.7 Å². The number of aryl methyl sites for hydroxylation is 1. The first-order valence-electron chi connectivity index (χ1n) is 4.70. The predicted molar refractivity (Wildman–Crippen MR) is 55.5 cm³/mol. The quantitative estimate of drug-likeness (QED) is 0.871. The smallest absolute Gasteiger partial charge is 0.356 e. The lowest BCUT2D eigenvalue weighted by molar-refractivity contribution is 0.0692. The van der Waals surface area contributed by atoms with Crippen molar-refractivity contribution in [2.24, 2.45) is 7.05 Å². The molecule has 0 aliphatic carbocycles. The molecule has 0 unspecified atom stereocenters. The minimum Gasteiger partial charge on any atom is -0.476 e. The molecule has 0 aliphatic rings. The maximum atomic E-state index is 13.1. The van der Waals surface area contributed by atoms with Crippen LogP contribution in [0.5, 0.6) is 0 Å². The summed E-state index contributed by atoms with van der Waals surface area (Å²) < 4.78 is 27.3. The molecule has 2 aromatic rings. The zero-order valence-corrected chi connectivity index (χ0v) is 8.82. The minimum atomic E-state index is -1.22. The van der Waals surface area contributed by atoms with Crippen molar-refractivity contribution >= 4 is 5.97 Å². The molecule has 1 aromatic heterocycles. The van der Waals surface area contributed by atoms with Gasteiger partial charge in [0.2, 0.25) is 0 Å². The number of hydrogen-bond donors (Lipinski definition) is 1. The summed E-state index contributed by atoms with van der Waals surface area (Å²) in [5.74, 6) is -3.22. The number of carboxylic acids is 1. The molecule has 0 radical (unpaired) electrons. The number of halogens is 2. The van der Waals surface area contributed by atoms with Crippen LogP contribution in [0, 0.1) is 11.6 Å². The largest absolute Gasteiger partial charge is 0.476 e. The number of carbonyl (C=O) groups is 1. The number of hydrogen-bond acceptors (Lipinski definition) is 2. The second-order valence-corrected chi connectivity index (χ2v) is 3.49. The van der Waals surface area contributed by atoms with E-state index in [4.69, 9.17) is 5.11 Å². The minimum absolute atomic E-state index is 0.196. The Labute approximate surface area is 95.1 Å². The van der Waals surface area contributed by atoms with Gasteiger partial charge < -0.3 is 9.67 Å². The van der Waals surface area contributed by atoms with Gasteiger partial charge in [0, 0.05) is 12.6 Å². The third-order valence-electron chi connectivity index (χ3n) is 2.33. The van der Waals surface area contributed by atoms with Crippen LogP contribution in [0.25, 0.3) is 11.3 Å². The van der Waals surface area contributed by atoms with E-state index in [0.717, 1.165) is 12.1 Å². The van der Waals surface area contributed by atoms with Crippen LogP contribution in [0.4, 0.5) is 8.78 Å². The van der Waals surface area contributed by atoms with E-state index in [1.165, 1.54) is 17.0 Å². The number of imidazole rings is 1. The fraction of sp³-hybridized carbons (Fsp3) is 0.0909. The second-order valence-electron chi connectivity index (χ2n) is 3.49. The van der Waals surface area contributed by atoms with Crippen LogP contribution in [0.1, 0.15) is 10.5 Å².